The van der Waals surface area contributed by atoms with Gasteiger partial charge in [-0.15, -0.1) is 0 Å². The number of aromatic nitrogens is 1. The second kappa shape index (κ2) is 8.01. The molecule has 7 heteroatoms. The lowest BCUT2D eigenvalue weighted by molar-refractivity contribution is 0.0963. The number of carbonyl (C=O) groups excluding carboxylic acids is 1. The molecule has 26 heavy (non-hydrogen) atoms. The van der Waals surface area contributed by atoms with Crippen molar-refractivity contribution in [2.45, 2.75) is 12.5 Å². The number of hydrogen-bond donors (Lipinski definition) is 2. The number of rotatable bonds is 5. The number of nitrogens with zero attached hydrogens (tertiary/aromatic N) is 2. The number of hydrogen-bond acceptors (Lipinski definition) is 4. The van der Waals surface area contributed by atoms with E-state index in [9.17, 15) is 9.18 Å². The van der Waals surface area contributed by atoms with Crippen LogP contribution in [0.3, 0.4) is 0 Å². The van der Waals surface area contributed by atoms with E-state index in [4.69, 9.17) is 11.6 Å². The van der Waals surface area contributed by atoms with Crippen molar-refractivity contribution in [1.29, 1.82) is 0 Å². The minimum absolute atomic E-state index is 0.0847. The maximum absolute atomic E-state index is 13.9. The number of likely N-dealkylation sites (tertiary alicyclic amines) is 1. The standard InChI is InChI=1S/C19H22ClFN4O/c1-22-19(26)14-4-3-8-23-18(14)24-11-13-7-9-25(2)17(13)12-5-6-15(20)16(21)10-12/h3-6,8,10,13,17H,7,9,11H2,1-2H3,(H,22,26)(H,23,24). The maximum atomic E-state index is 13.9. The molecule has 138 valence electrons. The predicted octanol–water partition coefficient (Wildman–Crippen LogP) is 3.34. The van der Waals surface area contributed by atoms with Crippen LogP contribution in [-0.2, 0) is 0 Å². The summed E-state index contributed by atoms with van der Waals surface area (Å²) < 4.78 is 13.9. The Morgan fingerprint density at radius 3 is 2.96 bits per heavy atom. The number of carbonyl (C=O) groups is 1. The molecule has 1 aromatic carbocycles. The van der Waals surface area contributed by atoms with Gasteiger partial charge in [0.05, 0.1) is 10.6 Å². The summed E-state index contributed by atoms with van der Waals surface area (Å²) >= 11 is 5.82. The lowest BCUT2D eigenvalue weighted by Crippen LogP contribution is -2.26. The van der Waals surface area contributed by atoms with Crippen LogP contribution in [0.1, 0.15) is 28.4 Å². The number of pyridine rings is 1. The second-order valence-corrected chi connectivity index (χ2v) is 6.91. The molecule has 0 saturated carbocycles. The molecule has 1 amide bonds. The molecule has 1 saturated heterocycles. The molecule has 2 unspecified atom stereocenters. The van der Waals surface area contributed by atoms with Gasteiger partial charge in [0.1, 0.15) is 11.6 Å². The van der Waals surface area contributed by atoms with Crippen molar-refractivity contribution < 1.29 is 9.18 Å². The van der Waals surface area contributed by atoms with Gasteiger partial charge in [-0.25, -0.2) is 9.37 Å². The third kappa shape index (κ3) is 3.81. The molecule has 3 rings (SSSR count). The fourth-order valence-corrected chi connectivity index (χ4v) is 3.67. The first-order valence-electron chi connectivity index (χ1n) is 8.57. The summed E-state index contributed by atoms with van der Waals surface area (Å²) in [7, 11) is 3.63. The first-order valence-corrected chi connectivity index (χ1v) is 8.95. The summed E-state index contributed by atoms with van der Waals surface area (Å²) in [5.41, 5.74) is 1.42. The Labute approximate surface area is 157 Å². The molecule has 1 aliphatic heterocycles. The van der Waals surface area contributed by atoms with Crippen LogP contribution in [0.4, 0.5) is 10.2 Å². The van der Waals surface area contributed by atoms with E-state index in [1.54, 1.807) is 31.4 Å². The maximum Gasteiger partial charge on any atom is 0.254 e. The molecule has 1 fully saturated rings. The monoisotopic (exact) mass is 376 g/mol. The zero-order valence-corrected chi connectivity index (χ0v) is 15.6. The summed E-state index contributed by atoms with van der Waals surface area (Å²) in [6.45, 7) is 1.56. The summed E-state index contributed by atoms with van der Waals surface area (Å²) in [4.78, 5) is 18.5. The molecule has 2 aromatic rings. The molecule has 1 aliphatic rings. The van der Waals surface area contributed by atoms with Crippen molar-refractivity contribution in [1.82, 2.24) is 15.2 Å². The molecule has 0 spiro atoms. The van der Waals surface area contributed by atoms with Crippen LogP contribution in [0.2, 0.25) is 5.02 Å². The first-order chi connectivity index (χ1) is 12.5. The van der Waals surface area contributed by atoms with Gasteiger partial charge in [0, 0.05) is 25.8 Å². The quantitative estimate of drug-likeness (QED) is 0.840. The largest absolute Gasteiger partial charge is 0.369 e. The summed E-state index contributed by atoms with van der Waals surface area (Å²) in [5, 5.41) is 6.05. The second-order valence-electron chi connectivity index (χ2n) is 6.51. The summed E-state index contributed by atoms with van der Waals surface area (Å²) in [5.74, 6) is 0.242. The highest BCUT2D eigenvalue weighted by Gasteiger charge is 2.33. The zero-order valence-electron chi connectivity index (χ0n) is 14.8. The Kier molecular flexibility index (Phi) is 5.74. The molecule has 2 atom stereocenters. The first kappa shape index (κ1) is 18.6. The predicted molar refractivity (Wildman–Crippen MR) is 101 cm³/mol. The van der Waals surface area contributed by atoms with Crippen LogP contribution in [0.5, 0.6) is 0 Å². The highest BCUT2D eigenvalue weighted by Crippen LogP contribution is 2.37. The number of benzene rings is 1. The SMILES string of the molecule is CNC(=O)c1cccnc1NCC1CCN(C)C1c1ccc(Cl)c(F)c1. The van der Waals surface area contributed by atoms with E-state index in [2.05, 4.69) is 20.5 Å². The Morgan fingerprint density at radius 1 is 1.42 bits per heavy atom. The molecular formula is C19H22ClFN4O. The van der Waals surface area contributed by atoms with Crippen LogP contribution < -0.4 is 10.6 Å². The average molecular weight is 377 g/mol. The van der Waals surface area contributed by atoms with E-state index in [1.807, 2.05) is 13.1 Å². The Hall–Kier alpha value is -2.18. The van der Waals surface area contributed by atoms with Gasteiger partial charge in [-0.1, -0.05) is 17.7 Å². The molecule has 5 nitrogen and oxygen atoms in total. The van der Waals surface area contributed by atoms with E-state index < -0.39 is 5.82 Å². The van der Waals surface area contributed by atoms with Gasteiger partial charge in [0.15, 0.2) is 0 Å². The smallest absolute Gasteiger partial charge is 0.254 e. The Morgan fingerprint density at radius 2 is 2.23 bits per heavy atom. The topological polar surface area (TPSA) is 57.3 Å². The summed E-state index contributed by atoms with van der Waals surface area (Å²) in [6, 6.07) is 8.55. The highest BCUT2D eigenvalue weighted by molar-refractivity contribution is 6.30. The van der Waals surface area contributed by atoms with Crippen LogP contribution in [0, 0.1) is 11.7 Å². The molecule has 0 aliphatic carbocycles. The fraction of sp³-hybridized carbons (Fsp3) is 0.368. The normalized spacial score (nSPS) is 20.2. The number of amides is 1. The van der Waals surface area contributed by atoms with Crippen molar-refractivity contribution in [3.8, 4) is 0 Å². The Balaban J connectivity index is 1.77. The van der Waals surface area contributed by atoms with Crippen LogP contribution in [-0.4, -0.2) is 43.0 Å². The van der Waals surface area contributed by atoms with Crippen molar-refractivity contribution in [2.75, 3.05) is 32.5 Å². The summed E-state index contributed by atoms with van der Waals surface area (Å²) in [6.07, 6.45) is 2.63. The average Bonchev–Trinajstić information content (AvgIpc) is 3.02. The molecule has 1 aromatic heterocycles. The third-order valence-corrected chi connectivity index (χ3v) is 5.18. The van der Waals surface area contributed by atoms with E-state index in [-0.39, 0.29) is 22.9 Å². The van der Waals surface area contributed by atoms with Gasteiger partial charge in [-0.2, -0.15) is 0 Å². The minimum Gasteiger partial charge on any atom is -0.369 e. The van der Waals surface area contributed by atoms with Crippen LogP contribution in [0.15, 0.2) is 36.5 Å². The van der Waals surface area contributed by atoms with Crippen molar-refractivity contribution in [3.63, 3.8) is 0 Å². The van der Waals surface area contributed by atoms with E-state index in [0.29, 0.717) is 17.9 Å². The van der Waals surface area contributed by atoms with Gasteiger partial charge < -0.3 is 10.6 Å². The molecule has 2 N–H and O–H groups in total. The van der Waals surface area contributed by atoms with Crippen molar-refractivity contribution in [2.24, 2.45) is 5.92 Å². The molecule has 0 radical (unpaired) electrons. The van der Waals surface area contributed by atoms with Gasteiger partial charge in [0.25, 0.3) is 5.91 Å². The van der Waals surface area contributed by atoms with Crippen LogP contribution >= 0.6 is 11.6 Å². The third-order valence-electron chi connectivity index (χ3n) is 4.87. The van der Waals surface area contributed by atoms with Gasteiger partial charge in [-0.3, -0.25) is 9.69 Å². The fourth-order valence-electron chi connectivity index (χ4n) is 3.55. The highest BCUT2D eigenvalue weighted by atomic mass is 35.5. The van der Waals surface area contributed by atoms with Gasteiger partial charge >= 0.3 is 0 Å². The van der Waals surface area contributed by atoms with Crippen molar-refractivity contribution in [3.05, 3.63) is 58.5 Å². The number of anilines is 1. The van der Waals surface area contributed by atoms with Gasteiger partial charge in [-0.05, 0) is 55.8 Å². The Bertz CT molecular complexity index is 801. The zero-order chi connectivity index (χ0) is 18.7. The molecule has 0 bridgehead atoms. The van der Waals surface area contributed by atoms with E-state index in [1.165, 1.54) is 6.07 Å². The van der Waals surface area contributed by atoms with Crippen LogP contribution in [0.25, 0.3) is 0 Å². The molecule has 2 heterocycles. The minimum atomic E-state index is -0.400. The molecular weight excluding hydrogens is 355 g/mol. The van der Waals surface area contributed by atoms with Gasteiger partial charge in [0.2, 0.25) is 0 Å². The van der Waals surface area contributed by atoms with Crippen molar-refractivity contribution >= 4 is 23.3 Å². The number of halogens is 2. The lowest BCUT2D eigenvalue weighted by atomic mass is 9.93. The number of nitrogens with one attached hydrogen (secondary N) is 2. The lowest BCUT2D eigenvalue weighted by Gasteiger charge is -2.26. The van der Waals surface area contributed by atoms with E-state index in [0.717, 1.165) is 18.5 Å². The van der Waals surface area contributed by atoms with E-state index >= 15 is 0 Å².